The van der Waals surface area contributed by atoms with Crippen LogP contribution in [-0.4, -0.2) is 24.0 Å². The molecule has 0 saturated carbocycles. The number of hydrogen-bond donors (Lipinski definition) is 2. The maximum atomic E-state index is 12.3. The molecule has 2 rings (SSSR count). The first-order valence-corrected chi connectivity index (χ1v) is 7.71. The molecule has 0 unspecified atom stereocenters. The van der Waals surface area contributed by atoms with Crippen LogP contribution in [0.15, 0.2) is 47.1 Å². The normalized spacial score (nSPS) is 10.2. The Morgan fingerprint density at radius 1 is 1.29 bits per heavy atom. The van der Waals surface area contributed by atoms with Gasteiger partial charge in [0.1, 0.15) is 5.82 Å². The third-order valence-electron chi connectivity index (χ3n) is 2.99. The van der Waals surface area contributed by atoms with Crippen LogP contribution in [0.5, 0.6) is 0 Å². The summed E-state index contributed by atoms with van der Waals surface area (Å²) in [6.45, 7) is 3.29. The average molecular weight is 348 g/mol. The molecule has 1 amide bonds. The average Bonchev–Trinajstić information content (AvgIpc) is 2.50. The highest BCUT2D eigenvalue weighted by molar-refractivity contribution is 9.10. The van der Waals surface area contributed by atoms with Gasteiger partial charge in [0, 0.05) is 23.8 Å². The van der Waals surface area contributed by atoms with Gasteiger partial charge in [-0.3, -0.25) is 4.79 Å². The number of amides is 1. The van der Waals surface area contributed by atoms with Crippen LogP contribution in [0.3, 0.4) is 0 Å². The molecule has 1 aromatic heterocycles. The van der Waals surface area contributed by atoms with Crippen LogP contribution in [0, 0.1) is 0 Å². The van der Waals surface area contributed by atoms with E-state index in [0.717, 1.165) is 17.4 Å². The molecule has 0 aliphatic carbocycles. The number of aromatic nitrogens is 1. The summed E-state index contributed by atoms with van der Waals surface area (Å²) in [5.74, 6) is 0.494. The second-order valence-corrected chi connectivity index (χ2v) is 5.49. The Kier molecular flexibility index (Phi) is 5.75. The van der Waals surface area contributed by atoms with Crippen LogP contribution >= 0.6 is 15.9 Å². The summed E-state index contributed by atoms with van der Waals surface area (Å²) in [7, 11) is 0. The molecule has 0 bridgehead atoms. The van der Waals surface area contributed by atoms with Gasteiger partial charge in [-0.15, -0.1) is 0 Å². The maximum Gasteiger partial charge on any atom is 0.255 e. The molecule has 0 atom stereocenters. The standard InChI is InChI=1S/C16H18BrN3O/c1-2-18-15-14(10-13(17)11-20-15)16(21)19-9-8-12-6-4-3-5-7-12/h3-7,10-11H,2,8-9H2,1H3,(H,18,20)(H,19,21). The lowest BCUT2D eigenvalue weighted by Gasteiger charge is -2.10. The van der Waals surface area contributed by atoms with E-state index in [1.54, 1.807) is 12.3 Å². The lowest BCUT2D eigenvalue weighted by molar-refractivity contribution is 0.0954. The van der Waals surface area contributed by atoms with Crippen molar-refractivity contribution in [1.82, 2.24) is 10.3 Å². The van der Waals surface area contributed by atoms with E-state index < -0.39 is 0 Å². The van der Waals surface area contributed by atoms with Crippen molar-refractivity contribution in [2.45, 2.75) is 13.3 Å². The Labute approximate surface area is 133 Å². The predicted molar refractivity (Wildman–Crippen MR) is 88.6 cm³/mol. The fourth-order valence-electron chi connectivity index (χ4n) is 1.98. The smallest absolute Gasteiger partial charge is 0.255 e. The lowest BCUT2D eigenvalue weighted by atomic mass is 10.1. The van der Waals surface area contributed by atoms with E-state index >= 15 is 0 Å². The van der Waals surface area contributed by atoms with E-state index in [0.29, 0.717) is 17.9 Å². The molecule has 0 fully saturated rings. The fraction of sp³-hybridized carbons (Fsp3) is 0.250. The van der Waals surface area contributed by atoms with Crippen molar-refractivity contribution < 1.29 is 4.79 Å². The fourth-order valence-corrected chi connectivity index (χ4v) is 2.31. The maximum absolute atomic E-state index is 12.3. The van der Waals surface area contributed by atoms with Crippen molar-refractivity contribution >= 4 is 27.7 Å². The van der Waals surface area contributed by atoms with Gasteiger partial charge in [-0.1, -0.05) is 30.3 Å². The van der Waals surface area contributed by atoms with Gasteiger partial charge in [0.05, 0.1) is 5.56 Å². The van der Waals surface area contributed by atoms with Gasteiger partial charge in [0.2, 0.25) is 0 Å². The highest BCUT2D eigenvalue weighted by Gasteiger charge is 2.12. The molecule has 0 spiro atoms. The van der Waals surface area contributed by atoms with Crippen molar-refractivity contribution in [2.75, 3.05) is 18.4 Å². The van der Waals surface area contributed by atoms with E-state index in [4.69, 9.17) is 0 Å². The molecule has 1 aromatic carbocycles. The first-order valence-electron chi connectivity index (χ1n) is 6.92. The minimum Gasteiger partial charge on any atom is -0.370 e. The molecule has 0 saturated heterocycles. The Balaban J connectivity index is 1.98. The SMILES string of the molecule is CCNc1ncc(Br)cc1C(=O)NCCc1ccccc1. The number of halogens is 1. The number of pyridine rings is 1. The summed E-state index contributed by atoms with van der Waals surface area (Å²) >= 11 is 3.35. The molecule has 0 radical (unpaired) electrons. The molecule has 4 nitrogen and oxygen atoms in total. The van der Waals surface area contributed by atoms with Crippen molar-refractivity contribution in [3.63, 3.8) is 0 Å². The van der Waals surface area contributed by atoms with E-state index in [1.165, 1.54) is 5.56 Å². The van der Waals surface area contributed by atoms with E-state index in [1.807, 2.05) is 25.1 Å². The molecule has 5 heteroatoms. The summed E-state index contributed by atoms with van der Waals surface area (Å²) in [5, 5.41) is 6.03. The molecule has 21 heavy (non-hydrogen) atoms. The van der Waals surface area contributed by atoms with Crippen LogP contribution in [0.25, 0.3) is 0 Å². The predicted octanol–water partition coefficient (Wildman–Crippen LogP) is 3.25. The van der Waals surface area contributed by atoms with Crippen LogP contribution in [0.1, 0.15) is 22.8 Å². The van der Waals surface area contributed by atoms with E-state index in [9.17, 15) is 4.79 Å². The minimum absolute atomic E-state index is 0.115. The number of carbonyl (C=O) groups is 1. The lowest BCUT2D eigenvalue weighted by Crippen LogP contribution is -2.27. The van der Waals surface area contributed by atoms with Crippen molar-refractivity contribution in [1.29, 1.82) is 0 Å². The summed E-state index contributed by atoms with van der Waals surface area (Å²) < 4.78 is 0.789. The van der Waals surface area contributed by atoms with Crippen molar-refractivity contribution in [3.05, 3.63) is 58.2 Å². The third kappa shape index (κ3) is 4.56. The number of nitrogens with one attached hydrogen (secondary N) is 2. The Morgan fingerprint density at radius 2 is 2.05 bits per heavy atom. The van der Waals surface area contributed by atoms with Gasteiger partial charge in [-0.05, 0) is 40.9 Å². The summed E-state index contributed by atoms with van der Waals surface area (Å²) in [6.07, 6.45) is 2.49. The first kappa shape index (κ1) is 15.5. The van der Waals surface area contributed by atoms with Gasteiger partial charge >= 0.3 is 0 Å². The van der Waals surface area contributed by atoms with Crippen LogP contribution < -0.4 is 10.6 Å². The Morgan fingerprint density at radius 3 is 2.76 bits per heavy atom. The zero-order chi connectivity index (χ0) is 15.1. The molecule has 2 N–H and O–H groups in total. The largest absolute Gasteiger partial charge is 0.370 e. The minimum atomic E-state index is -0.115. The van der Waals surface area contributed by atoms with Gasteiger partial charge in [0.15, 0.2) is 0 Å². The third-order valence-corrected chi connectivity index (χ3v) is 3.42. The number of carbonyl (C=O) groups excluding carboxylic acids is 1. The first-order chi connectivity index (χ1) is 10.2. The zero-order valence-electron chi connectivity index (χ0n) is 11.9. The van der Waals surface area contributed by atoms with Crippen molar-refractivity contribution in [2.24, 2.45) is 0 Å². The molecule has 110 valence electrons. The highest BCUT2D eigenvalue weighted by atomic mass is 79.9. The molecular formula is C16H18BrN3O. The van der Waals surface area contributed by atoms with Crippen LogP contribution in [0.2, 0.25) is 0 Å². The second kappa shape index (κ2) is 7.78. The van der Waals surface area contributed by atoms with E-state index in [-0.39, 0.29) is 5.91 Å². The quantitative estimate of drug-likeness (QED) is 0.843. The molecule has 2 aromatic rings. The van der Waals surface area contributed by atoms with Gasteiger partial charge in [0.25, 0.3) is 5.91 Å². The molecule has 0 aliphatic heterocycles. The summed E-state index contributed by atoms with van der Waals surface area (Å²) in [6, 6.07) is 11.9. The summed E-state index contributed by atoms with van der Waals surface area (Å²) in [4.78, 5) is 16.5. The molecule has 1 heterocycles. The van der Waals surface area contributed by atoms with Gasteiger partial charge < -0.3 is 10.6 Å². The highest BCUT2D eigenvalue weighted by Crippen LogP contribution is 2.17. The number of benzene rings is 1. The number of anilines is 1. The second-order valence-electron chi connectivity index (χ2n) is 4.57. The van der Waals surface area contributed by atoms with Crippen LogP contribution in [0.4, 0.5) is 5.82 Å². The van der Waals surface area contributed by atoms with E-state index in [2.05, 4.69) is 43.7 Å². The molecular weight excluding hydrogens is 330 g/mol. The van der Waals surface area contributed by atoms with Crippen LogP contribution in [-0.2, 0) is 6.42 Å². The number of nitrogens with zero attached hydrogens (tertiary/aromatic N) is 1. The number of rotatable bonds is 6. The van der Waals surface area contributed by atoms with Crippen molar-refractivity contribution in [3.8, 4) is 0 Å². The molecule has 0 aliphatic rings. The Bertz CT molecular complexity index is 602. The topological polar surface area (TPSA) is 54.0 Å². The zero-order valence-corrected chi connectivity index (χ0v) is 13.5. The monoisotopic (exact) mass is 347 g/mol. The van der Waals surface area contributed by atoms with Gasteiger partial charge in [-0.25, -0.2) is 4.98 Å². The summed E-state index contributed by atoms with van der Waals surface area (Å²) in [5.41, 5.74) is 1.76. The Hall–Kier alpha value is -1.88. The number of hydrogen-bond acceptors (Lipinski definition) is 3. The van der Waals surface area contributed by atoms with Gasteiger partial charge in [-0.2, -0.15) is 0 Å².